The van der Waals surface area contributed by atoms with Crippen molar-refractivity contribution in [2.75, 3.05) is 35.2 Å². The SMILES string of the molecule is Cc1cnc(-c2cccc(NC(=O)c3ccc(NC(C)(C)CO)nc3N3CCC4(CC3)CC4)c2)o1. The molecule has 3 heterocycles. The van der Waals surface area contributed by atoms with E-state index in [2.05, 4.69) is 20.5 Å². The number of aryl methyl sites for hydroxylation is 1. The summed E-state index contributed by atoms with van der Waals surface area (Å²) in [7, 11) is 0. The molecule has 184 valence electrons. The van der Waals surface area contributed by atoms with Crippen LogP contribution in [0, 0.1) is 12.3 Å². The Hall–Kier alpha value is -3.39. The van der Waals surface area contributed by atoms with E-state index in [-0.39, 0.29) is 12.5 Å². The molecule has 0 bridgehead atoms. The van der Waals surface area contributed by atoms with Gasteiger partial charge in [0.1, 0.15) is 17.4 Å². The first-order valence-corrected chi connectivity index (χ1v) is 12.3. The topological polar surface area (TPSA) is 104 Å². The van der Waals surface area contributed by atoms with Gasteiger partial charge in [0.25, 0.3) is 5.91 Å². The fraction of sp³-hybridized carbons (Fsp3) is 0.444. The van der Waals surface area contributed by atoms with Gasteiger partial charge in [0.2, 0.25) is 5.89 Å². The highest BCUT2D eigenvalue weighted by molar-refractivity contribution is 6.08. The van der Waals surface area contributed by atoms with Crippen LogP contribution in [0.1, 0.15) is 55.6 Å². The van der Waals surface area contributed by atoms with Crippen molar-refractivity contribution < 1.29 is 14.3 Å². The third kappa shape index (κ3) is 5.17. The molecule has 8 heteroatoms. The average molecular weight is 476 g/mol. The minimum Gasteiger partial charge on any atom is -0.441 e. The molecule has 3 N–H and O–H groups in total. The van der Waals surface area contributed by atoms with Gasteiger partial charge in [0.15, 0.2) is 0 Å². The van der Waals surface area contributed by atoms with E-state index in [0.717, 1.165) is 37.3 Å². The van der Waals surface area contributed by atoms with Gasteiger partial charge >= 0.3 is 0 Å². The Labute approximate surface area is 205 Å². The van der Waals surface area contributed by atoms with Gasteiger partial charge in [-0.25, -0.2) is 9.97 Å². The number of piperidine rings is 1. The molecule has 2 aromatic heterocycles. The van der Waals surface area contributed by atoms with Crippen molar-refractivity contribution in [3.63, 3.8) is 0 Å². The van der Waals surface area contributed by atoms with Gasteiger partial charge in [-0.05, 0) is 82.2 Å². The Balaban J connectivity index is 1.41. The number of hydrogen-bond donors (Lipinski definition) is 3. The smallest absolute Gasteiger partial charge is 0.259 e. The van der Waals surface area contributed by atoms with E-state index in [4.69, 9.17) is 9.40 Å². The minimum absolute atomic E-state index is 0.0289. The maximum atomic E-state index is 13.4. The Morgan fingerprint density at radius 2 is 1.94 bits per heavy atom. The molecule has 1 aliphatic carbocycles. The third-order valence-corrected chi connectivity index (χ3v) is 7.05. The van der Waals surface area contributed by atoms with Gasteiger partial charge in [-0.2, -0.15) is 0 Å². The van der Waals surface area contributed by atoms with E-state index < -0.39 is 5.54 Å². The molecule has 2 aliphatic rings. The van der Waals surface area contributed by atoms with Gasteiger partial charge in [0, 0.05) is 24.3 Å². The Kier molecular flexibility index (Phi) is 6.01. The number of pyridine rings is 1. The van der Waals surface area contributed by atoms with E-state index in [1.54, 1.807) is 12.3 Å². The molecule has 2 fully saturated rings. The molecule has 0 atom stereocenters. The zero-order valence-electron chi connectivity index (χ0n) is 20.6. The molecule has 1 amide bonds. The fourth-order valence-corrected chi connectivity index (χ4v) is 4.61. The summed E-state index contributed by atoms with van der Waals surface area (Å²) in [6.07, 6.45) is 6.57. The Morgan fingerprint density at radius 3 is 2.60 bits per heavy atom. The van der Waals surface area contributed by atoms with Gasteiger partial charge < -0.3 is 25.1 Å². The molecule has 8 nitrogen and oxygen atoms in total. The van der Waals surface area contributed by atoms with Crippen molar-refractivity contribution in [2.45, 2.75) is 52.0 Å². The standard InChI is InChI=1S/C27H33N5O3/c1-18-16-28-25(35-18)19-5-4-6-20(15-19)29-24(34)21-7-8-22(31-26(2,3)17-33)30-23(21)32-13-11-27(9-10-27)12-14-32/h4-8,15-16,33H,9-14,17H2,1-3H3,(H,29,34)(H,30,31). The van der Waals surface area contributed by atoms with Crippen LogP contribution in [0.3, 0.4) is 0 Å². The van der Waals surface area contributed by atoms with E-state index in [0.29, 0.717) is 34.2 Å². The summed E-state index contributed by atoms with van der Waals surface area (Å²) in [5, 5.41) is 16.0. The van der Waals surface area contributed by atoms with Crippen molar-refractivity contribution >= 4 is 23.2 Å². The molecular weight excluding hydrogens is 442 g/mol. The lowest BCUT2D eigenvalue weighted by atomic mass is 9.93. The van der Waals surface area contributed by atoms with Crippen molar-refractivity contribution in [2.24, 2.45) is 5.41 Å². The Morgan fingerprint density at radius 1 is 1.17 bits per heavy atom. The zero-order valence-corrected chi connectivity index (χ0v) is 20.6. The predicted octanol–water partition coefficient (Wildman–Crippen LogP) is 4.86. The number of aliphatic hydroxyl groups excluding tert-OH is 1. The zero-order chi connectivity index (χ0) is 24.6. The predicted molar refractivity (Wildman–Crippen MR) is 137 cm³/mol. The molecule has 3 aromatic rings. The molecular formula is C27H33N5O3. The van der Waals surface area contributed by atoms with Crippen molar-refractivity contribution in [1.82, 2.24) is 9.97 Å². The first-order valence-electron chi connectivity index (χ1n) is 12.3. The first-order chi connectivity index (χ1) is 16.8. The lowest BCUT2D eigenvalue weighted by Gasteiger charge is -2.34. The second-order valence-electron chi connectivity index (χ2n) is 10.5. The average Bonchev–Trinajstić information content (AvgIpc) is 3.45. The number of hydrogen-bond acceptors (Lipinski definition) is 7. The van der Waals surface area contributed by atoms with Crippen LogP contribution < -0.4 is 15.5 Å². The van der Waals surface area contributed by atoms with Crippen molar-refractivity contribution in [3.8, 4) is 11.5 Å². The van der Waals surface area contributed by atoms with E-state index >= 15 is 0 Å². The summed E-state index contributed by atoms with van der Waals surface area (Å²) in [6.45, 7) is 7.42. The molecule has 1 spiro atoms. The van der Waals surface area contributed by atoms with Crippen molar-refractivity contribution in [1.29, 1.82) is 0 Å². The third-order valence-electron chi connectivity index (χ3n) is 7.05. The summed E-state index contributed by atoms with van der Waals surface area (Å²) in [4.78, 5) is 24.8. The number of benzene rings is 1. The molecule has 1 aliphatic heterocycles. The van der Waals surface area contributed by atoms with Crippen LogP contribution in [0.25, 0.3) is 11.5 Å². The number of carbonyl (C=O) groups is 1. The minimum atomic E-state index is -0.521. The van der Waals surface area contributed by atoms with E-state index in [1.165, 1.54) is 12.8 Å². The summed E-state index contributed by atoms with van der Waals surface area (Å²) in [5.74, 6) is 2.36. The molecule has 0 unspecified atom stereocenters. The van der Waals surface area contributed by atoms with Crippen LogP contribution in [0.5, 0.6) is 0 Å². The van der Waals surface area contributed by atoms with Crippen LogP contribution in [0.2, 0.25) is 0 Å². The number of anilines is 3. The molecule has 1 aromatic carbocycles. The fourth-order valence-electron chi connectivity index (χ4n) is 4.61. The highest BCUT2D eigenvalue weighted by atomic mass is 16.4. The monoisotopic (exact) mass is 475 g/mol. The van der Waals surface area contributed by atoms with Gasteiger partial charge in [-0.3, -0.25) is 4.79 Å². The molecule has 0 radical (unpaired) electrons. The number of rotatable bonds is 7. The van der Waals surface area contributed by atoms with Crippen LogP contribution in [-0.2, 0) is 0 Å². The number of oxazole rings is 1. The summed E-state index contributed by atoms with van der Waals surface area (Å²) in [5.41, 5.74) is 1.99. The molecule has 1 saturated heterocycles. The van der Waals surface area contributed by atoms with Gasteiger partial charge in [-0.1, -0.05) is 6.07 Å². The van der Waals surface area contributed by atoms with Crippen LogP contribution >= 0.6 is 0 Å². The van der Waals surface area contributed by atoms with Crippen molar-refractivity contribution in [3.05, 3.63) is 53.9 Å². The normalized spacial score (nSPS) is 16.9. The molecule has 35 heavy (non-hydrogen) atoms. The quantitative estimate of drug-likeness (QED) is 0.448. The highest BCUT2D eigenvalue weighted by Crippen LogP contribution is 2.54. The first kappa shape index (κ1) is 23.4. The number of carbonyl (C=O) groups excluding carboxylic acids is 1. The van der Waals surface area contributed by atoms with Crippen LogP contribution in [-0.4, -0.2) is 46.2 Å². The number of aliphatic hydroxyl groups is 1. The van der Waals surface area contributed by atoms with E-state index in [9.17, 15) is 9.90 Å². The summed E-state index contributed by atoms with van der Waals surface area (Å²) >= 11 is 0. The van der Waals surface area contributed by atoms with Gasteiger partial charge in [0.05, 0.1) is 23.9 Å². The summed E-state index contributed by atoms with van der Waals surface area (Å²) < 4.78 is 5.63. The molecule has 5 rings (SSSR count). The van der Waals surface area contributed by atoms with Gasteiger partial charge in [-0.15, -0.1) is 0 Å². The second kappa shape index (κ2) is 9.00. The maximum absolute atomic E-state index is 13.4. The maximum Gasteiger partial charge on any atom is 0.259 e. The summed E-state index contributed by atoms with van der Waals surface area (Å²) in [6, 6.07) is 11.1. The molecule has 1 saturated carbocycles. The lowest BCUT2D eigenvalue weighted by Crippen LogP contribution is -2.38. The largest absolute Gasteiger partial charge is 0.441 e. The van der Waals surface area contributed by atoms with Crippen LogP contribution in [0.15, 0.2) is 47.0 Å². The number of nitrogens with one attached hydrogen (secondary N) is 2. The number of amides is 1. The second-order valence-corrected chi connectivity index (χ2v) is 10.5. The highest BCUT2D eigenvalue weighted by Gasteiger charge is 2.45. The van der Waals surface area contributed by atoms with E-state index in [1.807, 2.05) is 51.1 Å². The Bertz CT molecular complexity index is 1220. The van der Waals surface area contributed by atoms with Crippen LogP contribution in [0.4, 0.5) is 17.3 Å². The number of aromatic nitrogens is 2. The number of nitrogens with zero attached hydrogens (tertiary/aromatic N) is 3. The lowest BCUT2D eigenvalue weighted by molar-refractivity contribution is 0.102.